The van der Waals surface area contributed by atoms with Gasteiger partial charge in [-0.15, -0.1) is 0 Å². The Kier molecular flexibility index (Phi) is 5.52. The SMILES string of the molecule is O=C(NCc1cccc(F)c1)c1nc(CS(=O)(=O)c2ccc(Cl)cc2)no1. The second-order valence-electron chi connectivity index (χ2n) is 5.54. The summed E-state index contributed by atoms with van der Waals surface area (Å²) in [5, 5.41) is 6.42. The van der Waals surface area contributed by atoms with E-state index in [-0.39, 0.29) is 23.2 Å². The van der Waals surface area contributed by atoms with Gasteiger partial charge in [0.25, 0.3) is 0 Å². The fraction of sp³-hybridized carbons (Fsp3) is 0.118. The van der Waals surface area contributed by atoms with Crippen LogP contribution < -0.4 is 5.32 Å². The topological polar surface area (TPSA) is 102 Å². The van der Waals surface area contributed by atoms with Gasteiger partial charge in [0, 0.05) is 11.6 Å². The molecule has 140 valence electrons. The second kappa shape index (κ2) is 7.85. The van der Waals surface area contributed by atoms with Crippen molar-refractivity contribution in [1.29, 1.82) is 0 Å². The number of rotatable bonds is 6. The second-order valence-corrected chi connectivity index (χ2v) is 7.97. The van der Waals surface area contributed by atoms with Crippen LogP contribution in [0.25, 0.3) is 0 Å². The summed E-state index contributed by atoms with van der Waals surface area (Å²) >= 11 is 5.74. The molecule has 0 aliphatic carbocycles. The number of amides is 1. The van der Waals surface area contributed by atoms with Crippen molar-refractivity contribution in [3.05, 3.63) is 76.6 Å². The standard InChI is InChI=1S/C17H13ClFN3O4S/c18-12-4-6-14(7-5-12)27(24,25)10-15-21-17(26-22-15)16(23)20-9-11-2-1-3-13(19)8-11/h1-8H,9-10H2,(H,20,23). The number of aromatic nitrogens is 2. The normalized spacial score (nSPS) is 11.3. The van der Waals surface area contributed by atoms with Crippen LogP contribution in [0.5, 0.6) is 0 Å². The Morgan fingerprint density at radius 3 is 2.63 bits per heavy atom. The first-order valence-corrected chi connectivity index (χ1v) is 9.70. The van der Waals surface area contributed by atoms with Crippen molar-refractivity contribution in [3.63, 3.8) is 0 Å². The van der Waals surface area contributed by atoms with Crippen LogP contribution in [0.15, 0.2) is 57.9 Å². The van der Waals surface area contributed by atoms with Gasteiger partial charge in [-0.25, -0.2) is 12.8 Å². The number of nitrogens with one attached hydrogen (secondary N) is 1. The molecule has 0 saturated heterocycles. The Balaban J connectivity index is 1.65. The Bertz CT molecular complexity index is 1070. The highest BCUT2D eigenvalue weighted by molar-refractivity contribution is 7.90. The van der Waals surface area contributed by atoms with Gasteiger partial charge in [-0.3, -0.25) is 4.79 Å². The Labute approximate surface area is 159 Å². The van der Waals surface area contributed by atoms with Gasteiger partial charge in [-0.1, -0.05) is 28.9 Å². The van der Waals surface area contributed by atoms with E-state index in [4.69, 9.17) is 16.1 Å². The molecule has 3 rings (SSSR count). The maximum absolute atomic E-state index is 13.1. The van der Waals surface area contributed by atoms with E-state index < -0.39 is 27.3 Å². The highest BCUT2D eigenvalue weighted by atomic mass is 35.5. The van der Waals surface area contributed by atoms with E-state index in [9.17, 15) is 17.6 Å². The number of sulfone groups is 1. The molecule has 10 heteroatoms. The molecule has 0 bridgehead atoms. The molecule has 1 amide bonds. The third-order valence-corrected chi connectivity index (χ3v) is 5.38. The molecule has 0 atom stereocenters. The van der Waals surface area contributed by atoms with E-state index in [1.54, 1.807) is 6.07 Å². The van der Waals surface area contributed by atoms with Crippen molar-refractivity contribution < 1.29 is 22.1 Å². The number of carbonyl (C=O) groups is 1. The molecule has 0 aliphatic heterocycles. The van der Waals surface area contributed by atoms with Gasteiger partial charge in [0.05, 0.1) is 4.90 Å². The van der Waals surface area contributed by atoms with E-state index in [1.807, 2.05) is 0 Å². The zero-order valence-electron chi connectivity index (χ0n) is 13.7. The summed E-state index contributed by atoms with van der Waals surface area (Å²) in [5.74, 6) is -2.18. The fourth-order valence-electron chi connectivity index (χ4n) is 2.20. The number of hydrogen-bond donors (Lipinski definition) is 1. The molecule has 27 heavy (non-hydrogen) atoms. The first-order valence-electron chi connectivity index (χ1n) is 7.67. The number of benzene rings is 2. The lowest BCUT2D eigenvalue weighted by molar-refractivity contribution is 0.0907. The van der Waals surface area contributed by atoms with Crippen molar-refractivity contribution in [2.45, 2.75) is 17.2 Å². The molecular weight excluding hydrogens is 397 g/mol. The molecule has 3 aromatic rings. The number of hydrogen-bond acceptors (Lipinski definition) is 6. The summed E-state index contributed by atoms with van der Waals surface area (Å²) in [4.78, 5) is 15.9. The Morgan fingerprint density at radius 2 is 1.93 bits per heavy atom. The van der Waals surface area contributed by atoms with Crippen molar-refractivity contribution in [2.75, 3.05) is 0 Å². The molecule has 0 saturated carbocycles. The van der Waals surface area contributed by atoms with Crippen LogP contribution in [-0.2, 0) is 22.1 Å². The lowest BCUT2D eigenvalue weighted by Crippen LogP contribution is -2.23. The predicted octanol–water partition coefficient (Wildman–Crippen LogP) is 2.77. The van der Waals surface area contributed by atoms with Crippen LogP contribution in [0.4, 0.5) is 4.39 Å². The summed E-state index contributed by atoms with van der Waals surface area (Å²) in [6.45, 7) is 0.0530. The maximum atomic E-state index is 13.1. The van der Waals surface area contributed by atoms with Crippen molar-refractivity contribution in [2.24, 2.45) is 0 Å². The van der Waals surface area contributed by atoms with Crippen LogP contribution in [0.2, 0.25) is 5.02 Å². The smallest absolute Gasteiger partial charge is 0.315 e. The minimum absolute atomic E-state index is 0.0498. The average molecular weight is 410 g/mol. The molecule has 0 spiro atoms. The summed E-state index contributed by atoms with van der Waals surface area (Å²) in [6, 6.07) is 11.4. The van der Waals surface area contributed by atoms with Crippen molar-refractivity contribution >= 4 is 27.3 Å². The maximum Gasteiger partial charge on any atom is 0.315 e. The summed E-state index contributed by atoms with van der Waals surface area (Å²) in [7, 11) is -3.72. The number of carbonyl (C=O) groups excluding carboxylic acids is 1. The largest absolute Gasteiger partial charge is 0.344 e. The van der Waals surface area contributed by atoms with Crippen molar-refractivity contribution in [3.8, 4) is 0 Å². The average Bonchev–Trinajstić information content (AvgIpc) is 3.08. The molecule has 2 aromatic carbocycles. The molecule has 0 aliphatic rings. The molecule has 1 N–H and O–H groups in total. The highest BCUT2D eigenvalue weighted by Crippen LogP contribution is 2.18. The van der Waals surface area contributed by atoms with Crippen LogP contribution in [-0.4, -0.2) is 24.5 Å². The van der Waals surface area contributed by atoms with Crippen LogP contribution >= 0.6 is 11.6 Å². The van der Waals surface area contributed by atoms with E-state index in [1.165, 1.54) is 42.5 Å². The molecule has 1 heterocycles. The minimum atomic E-state index is -3.72. The summed E-state index contributed by atoms with van der Waals surface area (Å²) < 4.78 is 42.6. The zero-order valence-corrected chi connectivity index (χ0v) is 15.3. The van der Waals surface area contributed by atoms with Crippen LogP contribution in [0, 0.1) is 5.82 Å². The molecule has 0 unspecified atom stereocenters. The molecule has 0 radical (unpaired) electrons. The fourth-order valence-corrected chi connectivity index (χ4v) is 3.51. The third kappa shape index (κ3) is 4.89. The quantitative estimate of drug-likeness (QED) is 0.671. The van der Waals surface area contributed by atoms with E-state index in [2.05, 4.69) is 15.5 Å². The monoisotopic (exact) mass is 409 g/mol. The molecule has 1 aromatic heterocycles. The van der Waals surface area contributed by atoms with E-state index in [0.717, 1.165) is 0 Å². The first kappa shape index (κ1) is 19.0. The number of nitrogens with zero attached hydrogens (tertiary/aromatic N) is 2. The van der Waals surface area contributed by atoms with Gasteiger partial charge >= 0.3 is 11.8 Å². The van der Waals surface area contributed by atoms with Gasteiger partial charge in [0.2, 0.25) is 0 Å². The lowest BCUT2D eigenvalue weighted by atomic mass is 10.2. The summed E-state index contributed by atoms with van der Waals surface area (Å²) in [5.41, 5.74) is 0.549. The molecule has 0 fully saturated rings. The van der Waals surface area contributed by atoms with Gasteiger partial charge < -0.3 is 9.84 Å². The van der Waals surface area contributed by atoms with Crippen LogP contribution in [0.1, 0.15) is 22.1 Å². The summed E-state index contributed by atoms with van der Waals surface area (Å²) in [6.07, 6.45) is 0. The number of halogens is 2. The van der Waals surface area contributed by atoms with Gasteiger partial charge in [-0.05, 0) is 42.0 Å². The highest BCUT2D eigenvalue weighted by Gasteiger charge is 2.21. The van der Waals surface area contributed by atoms with Gasteiger partial charge in [-0.2, -0.15) is 4.98 Å². The van der Waals surface area contributed by atoms with Gasteiger partial charge in [0.1, 0.15) is 11.6 Å². The van der Waals surface area contributed by atoms with Crippen molar-refractivity contribution in [1.82, 2.24) is 15.5 Å². The molecule has 7 nitrogen and oxygen atoms in total. The predicted molar refractivity (Wildman–Crippen MR) is 94.2 cm³/mol. The van der Waals surface area contributed by atoms with E-state index in [0.29, 0.717) is 10.6 Å². The Morgan fingerprint density at radius 1 is 1.19 bits per heavy atom. The minimum Gasteiger partial charge on any atom is -0.344 e. The van der Waals surface area contributed by atoms with Gasteiger partial charge in [0.15, 0.2) is 15.7 Å². The third-order valence-electron chi connectivity index (χ3n) is 3.50. The lowest BCUT2D eigenvalue weighted by Gasteiger charge is -2.02. The van der Waals surface area contributed by atoms with E-state index >= 15 is 0 Å². The van der Waals surface area contributed by atoms with Crippen LogP contribution in [0.3, 0.4) is 0 Å². The molecular formula is C17H13ClFN3O4S. The Hall–Kier alpha value is -2.78. The zero-order chi connectivity index (χ0) is 19.4. The first-order chi connectivity index (χ1) is 12.8.